The lowest BCUT2D eigenvalue weighted by molar-refractivity contribution is 0.00612. The number of hydrogen-bond donors (Lipinski definition) is 3. The molecule has 0 aromatic carbocycles. The van der Waals surface area contributed by atoms with Crippen LogP contribution in [-0.4, -0.2) is 42.7 Å². The molecular weight excluding hydrogens is 134 g/mol. The van der Waals surface area contributed by atoms with Crippen molar-refractivity contribution < 1.29 is 14.9 Å². The Morgan fingerprint density at radius 1 is 1.50 bits per heavy atom. The number of rotatable bonds is 6. The van der Waals surface area contributed by atoms with Crippen LogP contribution in [0.1, 0.15) is 6.42 Å². The Kier molecular flexibility index (Phi) is 6.84. The molecule has 4 nitrogen and oxygen atoms in total. The second kappa shape index (κ2) is 6.95. The van der Waals surface area contributed by atoms with E-state index < -0.39 is 6.10 Å². The lowest BCUT2D eigenvalue weighted by atomic mass is 10.4. The summed E-state index contributed by atoms with van der Waals surface area (Å²) in [5, 5.41) is 17.1. The van der Waals surface area contributed by atoms with Crippen LogP contribution in [-0.2, 0) is 4.74 Å². The minimum atomic E-state index is -0.752. The zero-order valence-electron chi connectivity index (χ0n) is 5.99. The maximum Gasteiger partial charge on any atom is 0.100 e. The number of aliphatic hydroxyl groups excluding tert-OH is 2. The van der Waals surface area contributed by atoms with Gasteiger partial charge in [0, 0.05) is 6.61 Å². The fraction of sp³-hybridized carbons (Fsp3) is 1.00. The highest BCUT2D eigenvalue weighted by Gasteiger charge is 1.99. The molecule has 0 fully saturated rings. The summed E-state index contributed by atoms with van der Waals surface area (Å²) in [6, 6.07) is 0. The summed E-state index contributed by atoms with van der Waals surface area (Å²) in [6.45, 7) is 1.09. The number of hydrogen-bond acceptors (Lipinski definition) is 4. The molecule has 0 unspecified atom stereocenters. The van der Waals surface area contributed by atoms with Crippen LogP contribution in [0.15, 0.2) is 0 Å². The van der Waals surface area contributed by atoms with Crippen molar-refractivity contribution in [1.82, 2.24) is 0 Å². The zero-order valence-corrected chi connectivity index (χ0v) is 5.99. The molecule has 10 heavy (non-hydrogen) atoms. The molecule has 0 aliphatic carbocycles. The second-order valence-corrected chi connectivity index (χ2v) is 2.05. The van der Waals surface area contributed by atoms with Crippen LogP contribution < -0.4 is 5.73 Å². The molecule has 0 aliphatic heterocycles. The minimum Gasteiger partial charge on any atom is -0.394 e. The molecule has 4 heteroatoms. The Hall–Kier alpha value is -0.160. The van der Waals surface area contributed by atoms with Gasteiger partial charge in [-0.3, -0.25) is 0 Å². The largest absolute Gasteiger partial charge is 0.394 e. The fourth-order valence-electron chi connectivity index (χ4n) is 0.457. The average Bonchev–Trinajstić information content (AvgIpc) is 1.98. The number of ether oxygens (including phenoxy) is 1. The summed E-state index contributed by atoms with van der Waals surface area (Å²) in [6.07, 6.45) is 0.0378. The van der Waals surface area contributed by atoms with E-state index in [1.54, 1.807) is 0 Å². The van der Waals surface area contributed by atoms with Gasteiger partial charge in [-0.25, -0.2) is 0 Å². The topological polar surface area (TPSA) is 75.7 Å². The van der Waals surface area contributed by atoms with Crippen LogP contribution in [0.3, 0.4) is 0 Å². The van der Waals surface area contributed by atoms with Gasteiger partial charge >= 0.3 is 0 Å². The molecule has 0 aliphatic rings. The van der Waals surface area contributed by atoms with Gasteiger partial charge in [-0.15, -0.1) is 0 Å². The van der Waals surface area contributed by atoms with Gasteiger partial charge in [-0.2, -0.15) is 0 Å². The fourth-order valence-corrected chi connectivity index (χ4v) is 0.457. The lowest BCUT2D eigenvalue weighted by Crippen LogP contribution is -2.20. The maximum atomic E-state index is 8.75. The highest BCUT2D eigenvalue weighted by Crippen LogP contribution is 1.84. The quantitative estimate of drug-likeness (QED) is 0.410. The third-order valence-corrected chi connectivity index (χ3v) is 1.01. The molecule has 0 saturated heterocycles. The smallest absolute Gasteiger partial charge is 0.100 e. The Morgan fingerprint density at radius 2 is 2.20 bits per heavy atom. The van der Waals surface area contributed by atoms with Gasteiger partial charge in [0.25, 0.3) is 0 Å². The summed E-state index contributed by atoms with van der Waals surface area (Å²) < 4.78 is 4.94. The molecule has 0 rings (SSSR count). The molecule has 0 heterocycles. The average molecular weight is 149 g/mol. The third-order valence-electron chi connectivity index (χ3n) is 1.01. The van der Waals surface area contributed by atoms with Crippen LogP contribution in [0.5, 0.6) is 0 Å². The molecule has 0 aromatic rings. The predicted octanol–water partition coefficient (Wildman–Crippen LogP) is -1.30. The van der Waals surface area contributed by atoms with Crippen LogP contribution >= 0.6 is 0 Å². The molecule has 4 N–H and O–H groups in total. The van der Waals surface area contributed by atoms with E-state index in [0.717, 1.165) is 6.42 Å². The summed E-state index contributed by atoms with van der Waals surface area (Å²) in [5.74, 6) is 0. The van der Waals surface area contributed by atoms with Gasteiger partial charge in [0.05, 0.1) is 13.2 Å². The van der Waals surface area contributed by atoms with Crippen molar-refractivity contribution in [1.29, 1.82) is 0 Å². The van der Waals surface area contributed by atoms with Crippen molar-refractivity contribution in [2.75, 3.05) is 26.4 Å². The minimum absolute atomic E-state index is 0.191. The van der Waals surface area contributed by atoms with Crippen molar-refractivity contribution in [2.45, 2.75) is 12.5 Å². The first-order valence-corrected chi connectivity index (χ1v) is 3.38. The highest BCUT2D eigenvalue weighted by molar-refractivity contribution is 4.48. The van der Waals surface area contributed by atoms with E-state index in [9.17, 15) is 0 Å². The van der Waals surface area contributed by atoms with Crippen LogP contribution in [0, 0.1) is 0 Å². The van der Waals surface area contributed by atoms with Crippen molar-refractivity contribution in [3.8, 4) is 0 Å². The van der Waals surface area contributed by atoms with E-state index in [-0.39, 0.29) is 13.2 Å². The van der Waals surface area contributed by atoms with Gasteiger partial charge in [0.1, 0.15) is 6.10 Å². The van der Waals surface area contributed by atoms with Gasteiger partial charge in [-0.1, -0.05) is 0 Å². The lowest BCUT2D eigenvalue weighted by Gasteiger charge is -2.06. The van der Waals surface area contributed by atoms with Crippen molar-refractivity contribution in [3.05, 3.63) is 0 Å². The monoisotopic (exact) mass is 149 g/mol. The molecule has 0 bridgehead atoms. The first-order valence-electron chi connectivity index (χ1n) is 3.38. The number of nitrogens with two attached hydrogens (primary N) is 1. The molecule has 0 saturated carbocycles. The summed E-state index contributed by atoms with van der Waals surface area (Å²) in [7, 11) is 0. The Bertz CT molecular complexity index is 70.0. The summed E-state index contributed by atoms with van der Waals surface area (Å²) in [4.78, 5) is 0. The first kappa shape index (κ1) is 9.84. The van der Waals surface area contributed by atoms with Crippen molar-refractivity contribution in [2.24, 2.45) is 5.73 Å². The van der Waals surface area contributed by atoms with E-state index in [4.69, 9.17) is 20.7 Å². The van der Waals surface area contributed by atoms with Crippen LogP contribution in [0.25, 0.3) is 0 Å². The molecule has 0 spiro atoms. The normalized spacial score (nSPS) is 13.5. The molecule has 0 amide bonds. The molecule has 62 valence electrons. The second-order valence-electron chi connectivity index (χ2n) is 2.05. The van der Waals surface area contributed by atoms with E-state index in [1.807, 2.05) is 0 Å². The Morgan fingerprint density at radius 3 is 2.70 bits per heavy atom. The van der Waals surface area contributed by atoms with Gasteiger partial charge in [0.2, 0.25) is 0 Å². The van der Waals surface area contributed by atoms with Gasteiger partial charge in [-0.05, 0) is 13.0 Å². The van der Waals surface area contributed by atoms with E-state index >= 15 is 0 Å². The maximum absolute atomic E-state index is 8.75. The molecule has 0 radical (unpaired) electrons. The SMILES string of the molecule is NCCCOC[C@H](O)CO. The van der Waals surface area contributed by atoms with E-state index in [1.165, 1.54) is 0 Å². The third kappa shape index (κ3) is 5.97. The predicted molar refractivity (Wildman–Crippen MR) is 37.6 cm³/mol. The van der Waals surface area contributed by atoms with Crippen LogP contribution in [0.4, 0.5) is 0 Å². The number of aliphatic hydroxyl groups is 2. The summed E-state index contributed by atoms with van der Waals surface area (Å²) >= 11 is 0. The van der Waals surface area contributed by atoms with Crippen molar-refractivity contribution >= 4 is 0 Å². The highest BCUT2D eigenvalue weighted by atomic mass is 16.5. The Balaban J connectivity index is 2.89. The van der Waals surface area contributed by atoms with E-state index in [2.05, 4.69) is 0 Å². The van der Waals surface area contributed by atoms with E-state index in [0.29, 0.717) is 13.2 Å². The van der Waals surface area contributed by atoms with Gasteiger partial charge in [0.15, 0.2) is 0 Å². The standard InChI is InChI=1S/C6H15NO3/c7-2-1-3-10-5-6(9)4-8/h6,8-9H,1-5,7H2/t6-/m1/s1. The first-order chi connectivity index (χ1) is 4.81. The summed E-state index contributed by atoms with van der Waals surface area (Å²) in [5.41, 5.74) is 5.19. The molecule has 0 aromatic heterocycles. The molecule has 1 atom stereocenters. The van der Waals surface area contributed by atoms with Gasteiger partial charge < -0.3 is 20.7 Å². The van der Waals surface area contributed by atoms with Crippen LogP contribution in [0.2, 0.25) is 0 Å². The van der Waals surface area contributed by atoms with Crippen molar-refractivity contribution in [3.63, 3.8) is 0 Å². The Labute approximate surface area is 60.6 Å². The zero-order chi connectivity index (χ0) is 7.82. The molecular formula is C6H15NO3.